The van der Waals surface area contributed by atoms with E-state index in [0.717, 1.165) is 10.0 Å². The van der Waals surface area contributed by atoms with Crippen molar-refractivity contribution in [1.29, 1.82) is 0 Å². The number of nitrogens with one attached hydrogen (secondary N) is 1. The zero-order valence-electron chi connectivity index (χ0n) is 14.0. The molecule has 0 spiro atoms. The van der Waals surface area contributed by atoms with Crippen molar-refractivity contribution in [3.8, 4) is 17.2 Å². The van der Waals surface area contributed by atoms with Crippen molar-refractivity contribution in [3.05, 3.63) is 52.5 Å². The molecule has 0 fully saturated rings. The molecule has 132 valence electrons. The van der Waals surface area contributed by atoms with E-state index in [1.807, 2.05) is 25.1 Å². The average Bonchev–Trinajstić information content (AvgIpc) is 2.61. The van der Waals surface area contributed by atoms with Gasteiger partial charge in [0.25, 0.3) is 5.91 Å². The minimum Gasteiger partial charge on any atom is -0.493 e. The van der Waals surface area contributed by atoms with Crippen molar-refractivity contribution in [2.45, 2.75) is 6.92 Å². The van der Waals surface area contributed by atoms with Crippen LogP contribution in [0.15, 0.2) is 52.0 Å². The predicted octanol–water partition coefficient (Wildman–Crippen LogP) is 3.39. The molecule has 7 heteroatoms. The van der Waals surface area contributed by atoms with Crippen molar-refractivity contribution in [3.63, 3.8) is 0 Å². The Kier molecular flexibility index (Phi) is 7.28. The van der Waals surface area contributed by atoms with Gasteiger partial charge in [-0.1, -0.05) is 22.0 Å². The quantitative estimate of drug-likeness (QED) is 0.538. The van der Waals surface area contributed by atoms with Crippen molar-refractivity contribution in [1.82, 2.24) is 5.43 Å². The summed E-state index contributed by atoms with van der Waals surface area (Å²) in [5, 5.41) is 3.92. The Hall–Kier alpha value is -2.54. The number of benzene rings is 2. The molecule has 25 heavy (non-hydrogen) atoms. The number of hydrazone groups is 1. The molecule has 0 aliphatic rings. The smallest absolute Gasteiger partial charge is 0.277 e. The van der Waals surface area contributed by atoms with Gasteiger partial charge in [-0.25, -0.2) is 5.43 Å². The highest BCUT2D eigenvalue weighted by Gasteiger charge is 2.05. The van der Waals surface area contributed by atoms with Crippen LogP contribution >= 0.6 is 15.9 Å². The summed E-state index contributed by atoms with van der Waals surface area (Å²) in [4.78, 5) is 11.8. The highest BCUT2D eigenvalue weighted by Crippen LogP contribution is 2.27. The Morgan fingerprint density at radius 3 is 2.76 bits per heavy atom. The molecule has 2 aromatic rings. The molecule has 6 nitrogen and oxygen atoms in total. The van der Waals surface area contributed by atoms with Crippen LogP contribution in [0.5, 0.6) is 17.2 Å². The highest BCUT2D eigenvalue weighted by atomic mass is 79.9. The molecule has 2 rings (SSSR count). The second-order valence-corrected chi connectivity index (χ2v) is 5.80. The molecule has 0 saturated heterocycles. The lowest BCUT2D eigenvalue weighted by atomic mass is 10.2. The van der Waals surface area contributed by atoms with E-state index >= 15 is 0 Å². The van der Waals surface area contributed by atoms with E-state index in [2.05, 4.69) is 26.5 Å². The average molecular weight is 407 g/mol. The van der Waals surface area contributed by atoms with Crippen LogP contribution in [-0.2, 0) is 4.79 Å². The van der Waals surface area contributed by atoms with Crippen LogP contribution < -0.4 is 19.6 Å². The van der Waals surface area contributed by atoms with Crippen molar-refractivity contribution in [2.24, 2.45) is 5.10 Å². The van der Waals surface area contributed by atoms with Gasteiger partial charge in [-0.05, 0) is 48.9 Å². The third-order valence-electron chi connectivity index (χ3n) is 3.06. The molecule has 0 bridgehead atoms. The minimum absolute atomic E-state index is 0.124. The van der Waals surface area contributed by atoms with Gasteiger partial charge in [0.05, 0.1) is 19.9 Å². The molecule has 0 saturated carbocycles. The van der Waals surface area contributed by atoms with E-state index in [0.29, 0.717) is 23.9 Å². The summed E-state index contributed by atoms with van der Waals surface area (Å²) < 4.78 is 17.0. The van der Waals surface area contributed by atoms with Gasteiger partial charge in [0.15, 0.2) is 18.1 Å². The van der Waals surface area contributed by atoms with E-state index in [1.54, 1.807) is 31.4 Å². The third kappa shape index (κ3) is 6.11. The van der Waals surface area contributed by atoms with E-state index < -0.39 is 0 Å². The number of nitrogens with zero attached hydrogens (tertiary/aromatic N) is 1. The predicted molar refractivity (Wildman–Crippen MR) is 99.5 cm³/mol. The van der Waals surface area contributed by atoms with Crippen LogP contribution in [0.25, 0.3) is 0 Å². The summed E-state index contributed by atoms with van der Waals surface area (Å²) in [6, 6.07) is 12.6. The maximum atomic E-state index is 11.8. The molecule has 0 radical (unpaired) electrons. The number of carbonyl (C=O) groups is 1. The second kappa shape index (κ2) is 9.68. The molecule has 1 N–H and O–H groups in total. The number of rotatable bonds is 8. The largest absolute Gasteiger partial charge is 0.493 e. The molecule has 0 aliphatic carbocycles. The van der Waals surface area contributed by atoms with Gasteiger partial charge in [-0.2, -0.15) is 5.10 Å². The standard InChI is InChI=1S/C18H19BrN2O4/c1-3-24-17-9-13(7-8-16(17)23-2)11-20-21-18(22)12-25-15-6-4-5-14(19)10-15/h4-11H,3,12H2,1-2H3,(H,21,22)/b20-11+. The first kappa shape index (κ1) is 18.8. The van der Waals surface area contributed by atoms with Gasteiger partial charge in [0.1, 0.15) is 5.75 Å². The zero-order chi connectivity index (χ0) is 18.1. The van der Waals surface area contributed by atoms with Crippen LogP contribution in [0.4, 0.5) is 0 Å². The van der Waals surface area contributed by atoms with Gasteiger partial charge in [-0.15, -0.1) is 0 Å². The molecular weight excluding hydrogens is 388 g/mol. The second-order valence-electron chi connectivity index (χ2n) is 4.88. The number of methoxy groups -OCH3 is 1. The Balaban J connectivity index is 1.87. The summed E-state index contributed by atoms with van der Waals surface area (Å²) in [7, 11) is 1.58. The van der Waals surface area contributed by atoms with E-state index in [1.165, 1.54) is 6.21 Å². The summed E-state index contributed by atoms with van der Waals surface area (Å²) >= 11 is 3.34. The van der Waals surface area contributed by atoms with E-state index in [4.69, 9.17) is 14.2 Å². The number of hydrogen-bond acceptors (Lipinski definition) is 5. The van der Waals surface area contributed by atoms with Crippen LogP contribution in [0.3, 0.4) is 0 Å². The monoisotopic (exact) mass is 406 g/mol. The van der Waals surface area contributed by atoms with Crippen molar-refractivity contribution in [2.75, 3.05) is 20.3 Å². The first-order valence-corrected chi connectivity index (χ1v) is 8.42. The molecule has 0 aromatic heterocycles. The minimum atomic E-state index is -0.352. The van der Waals surface area contributed by atoms with Crippen LogP contribution in [0.2, 0.25) is 0 Å². The number of carbonyl (C=O) groups excluding carboxylic acids is 1. The summed E-state index contributed by atoms with van der Waals surface area (Å²) in [5.74, 6) is 1.52. The van der Waals surface area contributed by atoms with Gasteiger partial charge >= 0.3 is 0 Å². The zero-order valence-corrected chi connectivity index (χ0v) is 15.6. The van der Waals surface area contributed by atoms with Gasteiger partial charge in [-0.3, -0.25) is 4.79 Å². The number of ether oxygens (including phenoxy) is 3. The van der Waals surface area contributed by atoms with E-state index in [9.17, 15) is 4.79 Å². The lowest BCUT2D eigenvalue weighted by Gasteiger charge is -2.09. The van der Waals surface area contributed by atoms with Gasteiger partial charge in [0, 0.05) is 4.47 Å². The van der Waals surface area contributed by atoms with Crippen molar-refractivity contribution >= 4 is 28.1 Å². The highest BCUT2D eigenvalue weighted by molar-refractivity contribution is 9.10. The third-order valence-corrected chi connectivity index (χ3v) is 3.55. The molecule has 1 amide bonds. The lowest BCUT2D eigenvalue weighted by molar-refractivity contribution is -0.123. The fourth-order valence-corrected chi connectivity index (χ4v) is 2.34. The first-order chi connectivity index (χ1) is 12.1. The Morgan fingerprint density at radius 1 is 1.20 bits per heavy atom. The van der Waals surface area contributed by atoms with Crippen molar-refractivity contribution < 1.29 is 19.0 Å². The van der Waals surface area contributed by atoms with Gasteiger partial charge < -0.3 is 14.2 Å². The molecule has 0 unspecified atom stereocenters. The van der Waals surface area contributed by atoms with E-state index in [-0.39, 0.29) is 12.5 Å². The SMILES string of the molecule is CCOc1cc(/C=N/NC(=O)COc2cccc(Br)c2)ccc1OC. The number of halogens is 1. The molecule has 0 atom stereocenters. The van der Waals surface area contributed by atoms with Crippen LogP contribution in [0, 0.1) is 0 Å². The Morgan fingerprint density at radius 2 is 2.04 bits per heavy atom. The molecule has 0 heterocycles. The molecule has 2 aromatic carbocycles. The maximum absolute atomic E-state index is 11.8. The molecule has 0 aliphatic heterocycles. The molecular formula is C18H19BrN2O4. The number of hydrogen-bond donors (Lipinski definition) is 1. The summed E-state index contributed by atoms with van der Waals surface area (Å²) in [6.07, 6.45) is 1.53. The lowest BCUT2D eigenvalue weighted by Crippen LogP contribution is -2.24. The summed E-state index contributed by atoms with van der Waals surface area (Å²) in [5.41, 5.74) is 3.19. The fraction of sp³-hybridized carbons (Fsp3) is 0.222. The number of amides is 1. The summed E-state index contributed by atoms with van der Waals surface area (Å²) in [6.45, 7) is 2.30. The topological polar surface area (TPSA) is 69.2 Å². The van der Waals surface area contributed by atoms with Gasteiger partial charge in [0.2, 0.25) is 0 Å². The first-order valence-electron chi connectivity index (χ1n) is 7.63. The maximum Gasteiger partial charge on any atom is 0.277 e. The van der Waals surface area contributed by atoms with Crippen LogP contribution in [-0.4, -0.2) is 32.4 Å². The fourth-order valence-electron chi connectivity index (χ4n) is 1.96. The normalized spacial score (nSPS) is 10.5. The van der Waals surface area contributed by atoms with Crippen LogP contribution in [0.1, 0.15) is 12.5 Å². The Bertz CT molecular complexity index is 750. The Labute approximate surface area is 154 Å².